The molecule has 146 valence electrons. The van der Waals surface area contributed by atoms with Crippen molar-refractivity contribution in [2.45, 2.75) is 32.7 Å². The van der Waals surface area contributed by atoms with Crippen molar-refractivity contribution in [1.29, 1.82) is 0 Å². The number of alkyl carbamates (subject to hydrolysis) is 1. The molecule has 0 unspecified atom stereocenters. The zero-order valence-corrected chi connectivity index (χ0v) is 15.8. The molecule has 0 spiro atoms. The third kappa shape index (κ3) is 5.09. The molecular weight excluding hydrogens is 344 g/mol. The van der Waals surface area contributed by atoms with Crippen LogP contribution < -0.4 is 10.2 Å². The van der Waals surface area contributed by atoms with Gasteiger partial charge in [-0.1, -0.05) is 26.0 Å². The van der Waals surface area contributed by atoms with Crippen molar-refractivity contribution >= 4 is 12.0 Å². The maximum atomic E-state index is 11.8. The molecule has 0 radical (unpaired) electrons. The average Bonchev–Trinajstić information content (AvgIpc) is 2.67. The van der Waals surface area contributed by atoms with Crippen LogP contribution >= 0.6 is 0 Å². The highest BCUT2D eigenvalue weighted by atomic mass is 16.5. The van der Waals surface area contributed by atoms with Crippen LogP contribution in [0.25, 0.3) is 11.3 Å². The van der Waals surface area contributed by atoms with Gasteiger partial charge >= 0.3 is 6.09 Å². The monoisotopic (exact) mass is 372 g/mol. The first-order valence-electron chi connectivity index (χ1n) is 9.32. The molecule has 1 aliphatic heterocycles. The van der Waals surface area contributed by atoms with Crippen LogP contribution in [-0.2, 0) is 4.74 Å². The topological polar surface area (TPSA) is 87.6 Å². The van der Waals surface area contributed by atoms with Gasteiger partial charge in [0.2, 0.25) is 5.95 Å². The maximum Gasteiger partial charge on any atom is 0.407 e. The Hall–Kier alpha value is -2.83. The second-order valence-corrected chi connectivity index (χ2v) is 7.16. The summed E-state index contributed by atoms with van der Waals surface area (Å²) in [6, 6.07) is 9.02. The number of para-hydroxylation sites is 1. The van der Waals surface area contributed by atoms with Gasteiger partial charge in [-0.15, -0.1) is 0 Å². The molecule has 1 aromatic carbocycles. The quantitative estimate of drug-likeness (QED) is 0.836. The number of benzene rings is 1. The Bertz CT molecular complexity index is 780. The van der Waals surface area contributed by atoms with Gasteiger partial charge in [-0.05, 0) is 37.0 Å². The van der Waals surface area contributed by atoms with Gasteiger partial charge in [0.1, 0.15) is 5.75 Å². The minimum absolute atomic E-state index is 0. The van der Waals surface area contributed by atoms with Crippen molar-refractivity contribution in [2.75, 3.05) is 24.6 Å². The second kappa shape index (κ2) is 8.70. The zero-order chi connectivity index (χ0) is 19.2. The van der Waals surface area contributed by atoms with E-state index in [-0.39, 0.29) is 19.3 Å². The van der Waals surface area contributed by atoms with Gasteiger partial charge in [0, 0.05) is 32.3 Å². The predicted octanol–water partition coefficient (Wildman–Crippen LogP) is 3.45. The number of anilines is 1. The summed E-state index contributed by atoms with van der Waals surface area (Å²) in [5.41, 5.74) is 1.38. The lowest BCUT2D eigenvalue weighted by Gasteiger charge is -2.32. The van der Waals surface area contributed by atoms with Crippen LogP contribution in [-0.4, -0.2) is 46.9 Å². The summed E-state index contributed by atoms with van der Waals surface area (Å²) in [6.07, 6.45) is 2.97. The van der Waals surface area contributed by atoms with E-state index in [0.717, 1.165) is 25.9 Å². The number of carbonyl (C=O) groups is 1. The maximum absolute atomic E-state index is 11.8. The van der Waals surface area contributed by atoms with E-state index in [1.807, 2.05) is 26.0 Å². The van der Waals surface area contributed by atoms with Crippen LogP contribution in [0.1, 0.15) is 28.1 Å². The van der Waals surface area contributed by atoms with Crippen LogP contribution in [0.3, 0.4) is 0 Å². The van der Waals surface area contributed by atoms with Crippen LogP contribution in [0.5, 0.6) is 5.75 Å². The van der Waals surface area contributed by atoms with Crippen LogP contribution in [0.2, 0.25) is 0 Å². The molecule has 27 heavy (non-hydrogen) atoms. The molecule has 0 aliphatic carbocycles. The number of phenols is 1. The number of hydrogen-bond donors (Lipinski definition) is 2. The largest absolute Gasteiger partial charge is 0.507 e. The van der Waals surface area contributed by atoms with E-state index in [1.54, 1.807) is 24.4 Å². The van der Waals surface area contributed by atoms with Gasteiger partial charge in [-0.3, -0.25) is 0 Å². The third-order valence-corrected chi connectivity index (χ3v) is 4.47. The molecule has 1 aromatic heterocycles. The Morgan fingerprint density at radius 1 is 1.33 bits per heavy atom. The van der Waals surface area contributed by atoms with Gasteiger partial charge in [0.15, 0.2) is 0 Å². The van der Waals surface area contributed by atoms with E-state index < -0.39 is 0 Å². The highest BCUT2D eigenvalue weighted by Crippen LogP contribution is 2.28. The molecule has 2 heterocycles. The summed E-state index contributed by atoms with van der Waals surface area (Å²) < 4.78 is 5.18. The van der Waals surface area contributed by atoms with E-state index in [2.05, 4.69) is 20.2 Å². The summed E-state index contributed by atoms with van der Waals surface area (Å²) in [7, 11) is 0. The normalized spacial score (nSPS) is 15.0. The van der Waals surface area contributed by atoms with Crippen LogP contribution in [0, 0.1) is 5.92 Å². The fraction of sp³-hybridized carbons (Fsp3) is 0.450. The van der Waals surface area contributed by atoms with E-state index in [1.165, 1.54) is 0 Å². The van der Waals surface area contributed by atoms with Gasteiger partial charge < -0.3 is 20.1 Å². The van der Waals surface area contributed by atoms with E-state index >= 15 is 0 Å². The van der Waals surface area contributed by atoms with Crippen molar-refractivity contribution in [3.63, 3.8) is 0 Å². The fourth-order valence-corrected chi connectivity index (χ4v) is 3.02. The molecule has 0 bridgehead atoms. The Morgan fingerprint density at radius 3 is 2.78 bits per heavy atom. The summed E-state index contributed by atoms with van der Waals surface area (Å²) in [5, 5.41) is 13.0. The molecule has 1 aliphatic rings. The van der Waals surface area contributed by atoms with Gasteiger partial charge in [0.25, 0.3) is 0 Å². The smallest absolute Gasteiger partial charge is 0.407 e. The molecule has 2 N–H and O–H groups in total. The number of nitrogens with one attached hydrogen (secondary N) is 1. The minimum atomic E-state index is -0.347. The number of ether oxygens (including phenoxy) is 1. The zero-order valence-electron chi connectivity index (χ0n) is 15.8. The molecule has 0 saturated carbocycles. The number of nitrogens with zero attached hydrogens (tertiary/aromatic N) is 3. The first-order valence-corrected chi connectivity index (χ1v) is 9.32. The SMILES string of the molecule is CC(C)COC(=O)NC1CCN(c2nccc(-c3ccccc3O)n2)CC1.[HH]. The number of piperidine rings is 1. The second-order valence-electron chi connectivity index (χ2n) is 7.16. The summed E-state index contributed by atoms with van der Waals surface area (Å²) >= 11 is 0. The van der Waals surface area contributed by atoms with Crippen LogP contribution in [0.15, 0.2) is 36.5 Å². The van der Waals surface area contributed by atoms with E-state index in [0.29, 0.717) is 29.7 Å². The molecule has 2 aromatic rings. The van der Waals surface area contributed by atoms with Gasteiger partial charge in [0.05, 0.1) is 12.3 Å². The lowest BCUT2D eigenvalue weighted by atomic mass is 10.1. The van der Waals surface area contributed by atoms with Crippen molar-refractivity contribution in [2.24, 2.45) is 5.92 Å². The number of aromatic nitrogens is 2. The third-order valence-electron chi connectivity index (χ3n) is 4.47. The highest BCUT2D eigenvalue weighted by Gasteiger charge is 2.23. The molecule has 1 amide bonds. The van der Waals surface area contributed by atoms with Crippen molar-refractivity contribution in [3.8, 4) is 17.0 Å². The average molecular weight is 372 g/mol. The number of phenolic OH excluding ortho intramolecular Hbond substituents is 1. The Balaban J connectivity index is 0.00000280. The Morgan fingerprint density at radius 2 is 2.07 bits per heavy atom. The first kappa shape index (κ1) is 18.9. The number of amides is 1. The molecule has 7 nitrogen and oxygen atoms in total. The summed E-state index contributed by atoms with van der Waals surface area (Å²) in [6.45, 7) is 5.94. The van der Waals surface area contributed by atoms with Gasteiger partial charge in [-0.25, -0.2) is 14.8 Å². The molecular formula is C20H28N4O3. The number of aromatic hydroxyl groups is 1. The number of carbonyl (C=O) groups excluding carboxylic acids is 1. The molecule has 1 fully saturated rings. The minimum Gasteiger partial charge on any atom is -0.507 e. The lowest BCUT2D eigenvalue weighted by molar-refractivity contribution is 0.128. The Labute approximate surface area is 160 Å². The van der Waals surface area contributed by atoms with E-state index in [4.69, 9.17) is 4.74 Å². The van der Waals surface area contributed by atoms with Crippen LogP contribution in [0.4, 0.5) is 10.7 Å². The van der Waals surface area contributed by atoms with Crippen molar-refractivity contribution < 1.29 is 16.1 Å². The fourth-order valence-electron chi connectivity index (χ4n) is 3.02. The highest BCUT2D eigenvalue weighted by molar-refractivity contribution is 5.68. The number of hydrogen-bond acceptors (Lipinski definition) is 6. The van der Waals surface area contributed by atoms with Crippen molar-refractivity contribution in [3.05, 3.63) is 36.5 Å². The molecule has 0 atom stereocenters. The first-order chi connectivity index (χ1) is 13.0. The number of rotatable bonds is 5. The molecule has 7 heteroatoms. The lowest BCUT2D eigenvalue weighted by Crippen LogP contribution is -2.45. The summed E-state index contributed by atoms with van der Waals surface area (Å²) in [4.78, 5) is 22.9. The standard InChI is InChI=1S/C20H26N4O3.H2/c1-14(2)13-27-20(26)22-15-8-11-24(12-9-15)19-21-10-7-17(23-19)16-5-3-4-6-18(16)25;/h3-7,10,14-15,25H,8-9,11-13H2,1-2H3,(H,22,26);1H. The van der Waals surface area contributed by atoms with E-state index in [9.17, 15) is 9.90 Å². The predicted molar refractivity (Wildman–Crippen MR) is 106 cm³/mol. The van der Waals surface area contributed by atoms with Gasteiger partial charge in [-0.2, -0.15) is 0 Å². The summed E-state index contributed by atoms with van der Waals surface area (Å²) in [5.74, 6) is 1.16. The van der Waals surface area contributed by atoms with Crippen molar-refractivity contribution in [1.82, 2.24) is 15.3 Å². The Kier molecular flexibility index (Phi) is 6.11. The molecule has 3 rings (SSSR count). The molecule has 1 saturated heterocycles.